The van der Waals surface area contributed by atoms with Gasteiger partial charge < -0.3 is 10.1 Å². The highest BCUT2D eigenvalue weighted by Crippen LogP contribution is 2.30. The van der Waals surface area contributed by atoms with Gasteiger partial charge in [0.25, 0.3) is 0 Å². The van der Waals surface area contributed by atoms with Crippen LogP contribution in [0.4, 0.5) is 13.2 Å². The fraction of sp³-hybridized carbons (Fsp3) is 0.917. The Hall–Kier alpha value is -0.820. The molecule has 1 rings (SSSR count). The van der Waals surface area contributed by atoms with Crippen molar-refractivity contribution < 1.29 is 22.7 Å². The monoisotopic (exact) mass is 282 g/mol. The second-order valence-electron chi connectivity index (χ2n) is 4.72. The third kappa shape index (κ3) is 4.07. The zero-order valence-electron chi connectivity index (χ0n) is 11.3. The minimum atomic E-state index is -4.34. The summed E-state index contributed by atoms with van der Waals surface area (Å²) < 4.78 is 42.3. The zero-order valence-corrected chi connectivity index (χ0v) is 11.3. The SMILES string of the molecule is CCOC(=O)C1(NCC(F)(F)F)CCNCC1CC. The van der Waals surface area contributed by atoms with Crippen LogP contribution in [0.3, 0.4) is 0 Å². The largest absolute Gasteiger partial charge is 0.465 e. The van der Waals surface area contributed by atoms with Crippen molar-refractivity contribution in [2.24, 2.45) is 5.92 Å². The van der Waals surface area contributed by atoms with E-state index in [4.69, 9.17) is 4.74 Å². The van der Waals surface area contributed by atoms with Crippen molar-refractivity contribution in [1.29, 1.82) is 0 Å². The molecular weight excluding hydrogens is 261 g/mol. The van der Waals surface area contributed by atoms with Crippen molar-refractivity contribution in [2.75, 3.05) is 26.2 Å². The summed E-state index contributed by atoms with van der Waals surface area (Å²) in [7, 11) is 0. The van der Waals surface area contributed by atoms with Gasteiger partial charge in [0.1, 0.15) is 5.54 Å². The Bertz CT molecular complexity index is 310. The molecule has 2 N–H and O–H groups in total. The van der Waals surface area contributed by atoms with Crippen molar-refractivity contribution in [2.45, 2.75) is 38.4 Å². The summed E-state index contributed by atoms with van der Waals surface area (Å²) in [6.07, 6.45) is -3.43. The topological polar surface area (TPSA) is 50.4 Å². The third-order valence-electron chi connectivity index (χ3n) is 3.52. The molecule has 1 aliphatic rings. The van der Waals surface area contributed by atoms with E-state index in [2.05, 4.69) is 10.6 Å². The minimum absolute atomic E-state index is 0.165. The Kier molecular flexibility index (Phi) is 5.61. The standard InChI is InChI=1S/C12H21F3N2O2/c1-3-9-7-16-6-5-11(9,10(18)19-4-2)17-8-12(13,14)15/h9,16-17H,3-8H2,1-2H3. The average Bonchev–Trinajstić information content (AvgIpc) is 2.36. The lowest BCUT2D eigenvalue weighted by Gasteiger charge is -2.42. The maximum absolute atomic E-state index is 12.4. The molecule has 0 aromatic heterocycles. The molecule has 0 aromatic rings. The maximum atomic E-state index is 12.4. The van der Waals surface area contributed by atoms with Crippen LogP contribution >= 0.6 is 0 Å². The molecule has 1 heterocycles. The number of hydrogen-bond donors (Lipinski definition) is 2. The molecule has 0 aliphatic carbocycles. The van der Waals surface area contributed by atoms with Crippen molar-refractivity contribution in [3.63, 3.8) is 0 Å². The van der Waals surface area contributed by atoms with Gasteiger partial charge in [0.2, 0.25) is 0 Å². The van der Waals surface area contributed by atoms with Crippen molar-refractivity contribution in [1.82, 2.24) is 10.6 Å². The predicted octanol–water partition coefficient (Wildman–Crippen LogP) is 1.46. The van der Waals surface area contributed by atoms with E-state index < -0.39 is 24.2 Å². The molecule has 2 unspecified atom stereocenters. The van der Waals surface area contributed by atoms with Gasteiger partial charge in [0, 0.05) is 12.5 Å². The highest BCUT2D eigenvalue weighted by Gasteiger charge is 2.49. The molecule has 0 aromatic carbocycles. The van der Waals surface area contributed by atoms with Gasteiger partial charge >= 0.3 is 12.1 Å². The summed E-state index contributed by atoms with van der Waals surface area (Å²) in [4.78, 5) is 12.1. The lowest BCUT2D eigenvalue weighted by atomic mass is 9.76. The number of rotatable bonds is 5. The van der Waals surface area contributed by atoms with Gasteiger partial charge in [-0.15, -0.1) is 0 Å². The number of ether oxygens (including phenoxy) is 1. The summed E-state index contributed by atoms with van der Waals surface area (Å²) in [6, 6.07) is 0. The molecule has 1 fully saturated rings. The Balaban J connectivity index is 2.90. The summed E-state index contributed by atoms with van der Waals surface area (Å²) in [5.41, 5.74) is -1.23. The number of halogens is 3. The van der Waals surface area contributed by atoms with Crippen LogP contribution in [0.2, 0.25) is 0 Å². The third-order valence-corrected chi connectivity index (χ3v) is 3.52. The van der Waals surface area contributed by atoms with Crippen LogP contribution in [0.15, 0.2) is 0 Å². The number of piperidine rings is 1. The van der Waals surface area contributed by atoms with Crippen LogP contribution in [0.25, 0.3) is 0 Å². The normalized spacial score (nSPS) is 28.2. The molecule has 4 nitrogen and oxygen atoms in total. The summed E-state index contributed by atoms with van der Waals surface area (Å²) >= 11 is 0. The van der Waals surface area contributed by atoms with Crippen LogP contribution in [0, 0.1) is 5.92 Å². The number of esters is 1. The first-order valence-corrected chi connectivity index (χ1v) is 6.55. The van der Waals surface area contributed by atoms with Crippen molar-refractivity contribution >= 4 is 5.97 Å². The Morgan fingerprint density at radius 2 is 2.16 bits per heavy atom. The van der Waals surface area contributed by atoms with E-state index in [9.17, 15) is 18.0 Å². The number of carbonyl (C=O) groups excluding carboxylic acids is 1. The van der Waals surface area contributed by atoms with E-state index in [0.29, 0.717) is 25.9 Å². The maximum Gasteiger partial charge on any atom is 0.401 e. The van der Waals surface area contributed by atoms with Crippen LogP contribution in [-0.4, -0.2) is 43.9 Å². The molecule has 1 saturated heterocycles. The van der Waals surface area contributed by atoms with E-state index in [1.807, 2.05) is 6.92 Å². The average molecular weight is 282 g/mol. The Morgan fingerprint density at radius 1 is 1.47 bits per heavy atom. The number of carbonyl (C=O) groups is 1. The molecule has 0 radical (unpaired) electrons. The van der Waals surface area contributed by atoms with Crippen LogP contribution in [0.5, 0.6) is 0 Å². The lowest BCUT2D eigenvalue weighted by Crippen LogP contribution is -2.65. The highest BCUT2D eigenvalue weighted by molar-refractivity contribution is 5.81. The fourth-order valence-corrected chi connectivity index (χ4v) is 2.52. The second-order valence-corrected chi connectivity index (χ2v) is 4.72. The Morgan fingerprint density at radius 3 is 2.68 bits per heavy atom. The number of alkyl halides is 3. The first kappa shape index (κ1) is 16.2. The molecule has 0 spiro atoms. The summed E-state index contributed by atoms with van der Waals surface area (Å²) in [6.45, 7) is 3.51. The van der Waals surface area contributed by atoms with Gasteiger partial charge in [0.15, 0.2) is 0 Å². The Labute approximate surface area is 111 Å². The zero-order chi connectivity index (χ0) is 14.5. The molecule has 1 aliphatic heterocycles. The number of hydrogen-bond acceptors (Lipinski definition) is 4. The van der Waals surface area contributed by atoms with E-state index in [1.165, 1.54) is 0 Å². The van der Waals surface area contributed by atoms with Gasteiger partial charge in [-0.25, -0.2) is 0 Å². The first-order valence-electron chi connectivity index (χ1n) is 6.55. The predicted molar refractivity (Wildman–Crippen MR) is 64.7 cm³/mol. The molecular formula is C12H21F3N2O2. The van der Waals surface area contributed by atoms with Gasteiger partial charge in [-0.3, -0.25) is 10.1 Å². The summed E-state index contributed by atoms with van der Waals surface area (Å²) in [5.74, 6) is -0.782. The minimum Gasteiger partial charge on any atom is -0.465 e. The molecule has 0 amide bonds. The van der Waals surface area contributed by atoms with Crippen LogP contribution < -0.4 is 10.6 Å². The van der Waals surface area contributed by atoms with Gasteiger partial charge in [-0.2, -0.15) is 13.2 Å². The highest BCUT2D eigenvalue weighted by atomic mass is 19.4. The smallest absolute Gasteiger partial charge is 0.401 e. The van der Waals surface area contributed by atoms with Crippen molar-refractivity contribution in [3.05, 3.63) is 0 Å². The van der Waals surface area contributed by atoms with E-state index in [1.54, 1.807) is 6.92 Å². The van der Waals surface area contributed by atoms with Crippen LogP contribution in [-0.2, 0) is 9.53 Å². The fourth-order valence-electron chi connectivity index (χ4n) is 2.52. The van der Waals surface area contributed by atoms with Crippen molar-refractivity contribution in [3.8, 4) is 0 Å². The molecule has 112 valence electrons. The van der Waals surface area contributed by atoms with E-state index in [-0.39, 0.29) is 12.5 Å². The number of nitrogens with one attached hydrogen (secondary N) is 2. The molecule has 0 saturated carbocycles. The first-order chi connectivity index (χ1) is 8.85. The summed E-state index contributed by atoms with van der Waals surface area (Å²) in [5, 5.41) is 5.53. The van der Waals surface area contributed by atoms with E-state index in [0.717, 1.165) is 0 Å². The lowest BCUT2D eigenvalue weighted by molar-refractivity contribution is -0.160. The second kappa shape index (κ2) is 6.56. The van der Waals surface area contributed by atoms with Crippen LogP contribution in [0.1, 0.15) is 26.7 Å². The van der Waals surface area contributed by atoms with E-state index >= 15 is 0 Å². The molecule has 0 bridgehead atoms. The van der Waals surface area contributed by atoms with Gasteiger partial charge in [0.05, 0.1) is 13.2 Å². The molecule has 2 atom stereocenters. The molecule has 19 heavy (non-hydrogen) atoms. The molecule has 7 heteroatoms. The van der Waals surface area contributed by atoms with Gasteiger partial charge in [-0.05, 0) is 26.3 Å². The quantitative estimate of drug-likeness (QED) is 0.750. The van der Waals surface area contributed by atoms with Gasteiger partial charge in [-0.1, -0.05) is 6.92 Å².